The van der Waals surface area contributed by atoms with Crippen LogP contribution in [0, 0.1) is 10.1 Å². The number of hydrazine groups is 1. The smallest absolute Gasteiger partial charge is 0.332 e. The van der Waals surface area contributed by atoms with Gasteiger partial charge in [-0.15, -0.1) is 0 Å². The van der Waals surface area contributed by atoms with Crippen molar-refractivity contribution < 1.29 is 14.4 Å². The number of nitro groups is 1. The first-order chi connectivity index (χ1) is 9.58. The third kappa shape index (κ3) is 3.22. The lowest BCUT2D eigenvalue weighted by Crippen LogP contribution is -2.52. The number of nitrogens with zero attached hydrogens (tertiary/aromatic N) is 3. The second-order valence-electron chi connectivity index (χ2n) is 4.40. The molecule has 8 heteroatoms. The maximum Gasteiger partial charge on any atom is 0.406 e. The van der Waals surface area contributed by atoms with Crippen LogP contribution in [0.2, 0.25) is 0 Å². The van der Waals surface area contributed by atoms with E-state index in [4.69, 9.17) is 5.73 Å². The van der Waals surface area contributed by atoms with Crippen molar-refractivity contribution in [3.8, 4) is 0 Å². The molecule has 1 amide bonds. The van der Waals surface area contributed by atoms with Crippen LogP contribution in [0.25, 0.3) is 0 Å². The number of nitrogens with one attached hydrogen (secondary N) is 1. The molecule has 1 saturated heterocycles. The maximum atomic E-state index is 12.2. The van der Waals surface area contributed by atoms with Crippen molar-refractivity contribution in [1.82, 2.24) is 10.3 Å². The zero-order chi connectivity index (χ0) is 14.5. The normalized spacial score (nSPS) is 14.8. The summed E-state index contributed by atoms with van der Waals surface area (Å²) < 4.78 is 1.65. The second kappa shape index (κ2) is 6.00. The molecule has 0 atom stereocenters. The van der Waals surface area contributed by atoms with Crippen molar-refractivity contribution in [2.24, 2.45) is 5.73 Å². The number of amides is 1. The van der Waals surface area contributed by atoms with Crippen LogP contribution in [0.4, 0.5) is 0 Å². The summed E-state index contributed by atoms with van der Waals surface area (Å²) in [6.07, 6.45) is 0. The first-order valence-electron chi connectivity index (χ1n) is 6.20. The van der Waals surface area contributed by atoms with Crippen LogP contribution in [-0.2, 0) is 0 Å². The van der Waals surface area contributed by atoms with Gasteiger partial charge >= 0.3 is 5.96 Å². The fourth-order valence-corrected chi connectivity index (χ4v) is 2.08. The number of guanidine groups is 1. The topological polar surface area (TPSA) is 105 Å². The molecule has 0 aliphatic carbocycles. The lowest BCUT2D eigenvalue weighted by Gasteiger charge is -2.28. The van der Waals surface area contributed by atoms with Gasteiger partial charge in [-0.1, -0.05) is 18.2 Å². The van der Waals surface area contributed by atoms with E-state index in [1.165, 1.54) is 0 Å². The molecule has 3 N–H and O–H groups in total. The standard InChI is InChI=1S/C12H15N5O3/c13-12(14-17(19)20)16-8-6-15(7-9-16)11(18)10-4-2-1-3-5-10/h1-5H,6-9H2,(H2,13,14)/p+1. The summed E-state index contributed by atoms with van der Waals surface area (Å²) in [5, 5.41) is 9.61. The molecule has 8 nitrogen and oxygen atoms in total. The summed E-state index contributed by atoms with van der Waals surface area (Å²) in [5.41, 5.74) is 8.14. The summed E-state index contributed by atoms with van der Waals surface area (Å²) in [5.74, 6) is -0.0344. The Morgan fingerprint density at radius 1 is 1.30 bits per heavy atom. The first kappa shape index (κ1) is 13.8. The number of carbonyl (C=O) groups excluding carboxylic acids is 1. The maximum absolute atomic E-state index is 12.2. The SMILES string of the molecule is NC(N[N+](=O)[O-])=[N+]1CCN(C(=O)c2ccccc2)CC1. The molecule has 1 fully saturated rings. The molecule has 0 bridgehead atoms. The zero-order valence-corrected chi connectivity index (χ0v) is 10.9. The van der Waals surface area contributed by atoms with Gasteiger partial charge in [0.25, 0.3) is 5.91 Å². The molecule has 1 heterocycles. The van der Waals surface area contributed by atoms with Crippen LogP contribution in [0.5, 0.6) is 0 Å². The van der Waals surface area contributed by atoms with Crippen LogP contribution in [-0.4, -0.2) is 52.6 Å². The van der Waals surface area contributed by atoms with E-state index in [-0.39, 0.29) is 11.9 Å². The van der Waals surface area contributed by atoms with Gasteiger partial charge in [0.15, 0.2) is 0 Å². The number of rotatable bonds is 2. The van der Waals surface area contributed by atoms with Crippen LogP contribution in [0.3, 0.4) is 0 Å². The Hall–Kier alpha value is -2.64. The van der Waals surface area contributed by atoms with E-state index in [0.717, 1.165) is 0 Å². The van der Waals surface area contributed by atoms with Gasteiger partial charge in [0.2, 0.25) is 5.03 Å². The fourth-order valence-electron chi connectivity index (χ4n) is 2.08. The Morgan fingerprint density at radius 2 is 1.90 bits per heavy atom. The quantitative estimate of drug-likeness (QED) is 0.320. The molecule has 1 aliphatic rings. The summed E-state index contributed by atoms with van der Waals surface area (Å²) in [6, 6.07) is 9.02. The predicted octanol–water partition coefficient (Wildman–Crippen LogP) is -0.749. The molecular formula is C12H16N5O3+. The lowest BCUT2D eigenvalue weighted by molar-refractivity contribution is -0.573. The Bertz CT molecular complexity index is 533. The fraction of sp³-hybridized carbons (Fsp3) is 0.333. The third-order valence-corrected chi connectivity index (χ3v) is 3.13. The highest BCUT2D eigenvalue weighted by Crippen LogP contribution is 2.06. The van der Waals surface area contributed by atoms with Gasteiger partial charge in [0.1, 0.15) is 0 Å². The second-order valence-corrected chi connectivity index (χ2v) is 4.40. The molecule has 20 heavy (non-hydrogen) atoms. The molecule has 0 radical (unpaired) electrons. The van der Waals surface area contributed by atoms with Gasteiger partial charge in [-0.05, 0) is 12.1 Å². The highest BCUT2D eigenvalue weighted by Gasteiger charge is 2.24. The summed E-state index contributed by atoms with van der Waals surface area (Å²) in [4.78, 5) is 24.2. The van der Waals surface area contributed by atoms with E-state index in [0.29, 0.717) is 31.7 Å². The van der Waals surface area contributed by atoms with Gasteiger partial charge < -0.3 is 4.90 Å². The van der Waals surface area contributed by atoms with E-state index in [1.807, 2.05) is 23.6 Å². The minimum atomic E-state index is -0.698. The van der Waals surface area contributed by atoms with Crippen molar-refractivity contribution in [3.63, 3.8) is 0 Å². The number of benzene rings is 1. The largest absolute Gasteiger partial charge is 0.406 e. The lowest BCUT2D eigenvalue weighted by atomic mass is 10.2. The van der Waals surface area contributed by atoms with Gasteiger partial charge in [-0.3, -0.25) is 15.1 Å². The predicted molar refractivity (Wildman–Crippen MR) is 71.7 cm³/mol. The first-order valence-corrected chi connectivity index (χ1v) is 6.20. The Morgan fingerprint density at radius 3 is 2.45 bits per heavy atom. The average molecular weight is 278 g/mol. The van der Waals surface area contributed by atoms with E-state index in [1.54, 1.807) is 21.6 Å². The van der Waals surface area contributed by atoms with Crippen LogP contribution in [0.15, 0.2) is 30.3 Å². The summed E-state index contributed by atoms with van der Waals surface area (Å²) >= 11 is 0. The molecule has 106 valence electrons. The Labute approximate surface area is 115 Å². The van der Waals surface area contributed by atoms with Crippen molar-refractivity contribution in [1.29, 1.82) is 0 Å². The minimum absolute atomic E-state index is 0.00168. The molecule has 0 saturated carbocycles. The van der Waals surface area contributed by atoms with E-state index >= 15 is 0 Å². The van der Waals surface area contributed by atoms with Crippen molar-refractivity contribution in [2.75, 3.05) is 26.2 Å². The number of piperazine rings is 1. The highest BCUT2D eigenvalue weighted by atomic mass is 16.7. The zero-order valence-electron chi connectivity index (χ0n) is 10.9. The summed E-state index contributed by atoms with van der Waals surface area (Å²) in [7, 11) is 0. The molecule has 2 rings (SSSR count). The Balaban J connectivity index is 1.98. The number of hydrogen-bond donors (Lipinski definition) is 2. The molecule has 0 spiro atoms. The van der Waals surface area contributed by atoms with Crippen molar-refractivity contribution in [2.45, 2.75) is 0 Å². The molecule has 0 unspecified atom stereocenters. The molecular weight excluding hydrogens is 262 g/mol. The van der Waals surface area contributed by atoms with Crippen LogP contribution >= 0.6 is 0 Å². The van der Waals surface area contributed by atoms with Crippen molar-refractivity contribution >= 4 is 11.9 Å². The summed E-state index contributed by atoms with van der Waals surface area (Å²) in [6.45, 7) is 1.89. The van der Waals surface area contributed by atoms with Crippen LogP contribution < -0.4 is 11.2 Å². The third-order valence-electron chi connectivity index (χ3n) is 3.13. The van der Waals surface area contributed by atoms with Gasteiger partial charge in [0.05, 0.1) is 26.2 Å². The van der Waals surface area contributed by atoms with Gasteiger partial charge in [-0.25, -0.2) is 10.1 Å². The molecule has 1 aliphatic heterocycles. The van der Waals surface area contributed by atoms with Crippen LogP contribution in [0.1, 0.15) is 10.4 Å². The number of hydrogen-bond acceptors (Lipinski definition) is 3. The molecule has 1 aromatic rings. The van der Waals surface area contributed by atoms with Gasteiger partial charge in [-0.2, -0.15) is 0 Å². The average Bonchev–Trinajstić information content (AvgIpc) is 2.47. The monoisotopic (exact) mass is 278 g/mol. The van der Waals surface area contributed by atoms with Crippen molar-refractivity contribution in [3.05, 3.63) is 46.0 Å². The number of nitrogens with two attached hydrogens (primary N) is 1. The highest BCUT2D eigenvalue weighted by molar-refractivity contribution is 5.94. The van der Waals surface area contributed by atoms with E-state index < -0.39 is 5.03 Å². The van der Waals surface area contributed by atoms with E-state index in [2.05, 4.69) is 0 Å². The molecule has 0 aromatic heterocycles. The van der Waals surface area contributed by atoms with E-state index in [9.17, 15) is 14.9 Å². The van der Waals surface area contributed by atoms with Gasteiger partial charge in [0, 0.05) is 11.0 Å². The Kier molecular flexibility index (Phi) is 4.14. The minimum Gasteiger partial charge on any atom is -0.332 e. The molecule has 1 aromatic carbocycles. The number of carbonyl (C=O) groups is 1.